The summed E-state index contributed by atoms with van der Waals surface area (Å²) in [5.41, 5.74) is 3.07. The first-order valence-electron chi connectivity index (χ1n) is 17.3. The molecule has 0 bridgehead atoms. The SMILES string of the molecule is CC1CN(C2(c3ccccc3)CCCCC2)CCN1CC(=O)OC(=O)CN1CCN(C2(c3ccccc3)CCCCC2)CC1. The van der Waals surface area contributed by atoms with Crippen LogP contribution in [0, 0.1) is 0 Å². The third-order valence-corrected chi connectivity index (χ3v) is 11.2. The van der Waals surface area contributed by atoms with Crippen molar-refractivity contribution in [1.29, 1.82) is 0 Å². The van der Waals surface area contributed by atoms with E-state index in [0.717, 1.165) is 45.8 Å². The molecule has 0 aromatic heterocycles. The Labute approximate surface area is 264 Å². The molecule has 6 rings (SSSR count). The van der Waals surface area contributed by atoms with E-state index in [4.69, 9.17) is 4.74 Å². The Balaban J connectivity index is 0.975. The van der Waals surface area contributed by atoms with Gasteiger partial charge in [-0.05, 0) is 43.7 Å². The molecule has 7 heteroatoms. The highest BCUT2D eigenvalue weighted by molar-refractivity contribution is 5.87. The fraction of sp³-hybridized carbons (Fsp3) is 0.622. The van der Waals surface area contributed by atoms with Crippen molar-refractivity contribution in [3.05, 3.63) is 71.8 Å². The average Bonchev–Trinajstić information content (AvgIpc) is 3.07. The van der Waals surface area contributed by atoms with Gasteiger partial charge in [0.25, 0.3) is 0 Å². The summed E-state index contributed by atoms with van der Waals surface area (Å²) >= 11 is 0. The van der Waals surface area contributed by atoms with Gasteiger partial charge in [-0.2, -0.15) is 0 Å². The Morgan fingerprint density at radius 1 is 0.636 bits per heavy atom. The second-order valence-corrected chi connectivity index (χ2v) is 13.8. The summed E-state index contributed by atoms with van der Waals surface area (Å²) in [4.78, 5) is 35.4. The minimum Gasteiger partial charge on any atom is -0.391 e. The van der Waals surface area contributed by atoms with Crippen LogP contribution < -0.4 is 0 Å². The molecule has 238 valence electrons. The van der Waals surface area contributed by atoms with Crippen molar-refractivity contribution in [1.82, 2.24) is 19.6 Å². The molecule has 4 fully saturated rings. The minimum absolute atomic E-state index is 0.0953. The standard InChI is InChI=1S/C37H52N4O3/c1-31-28-41(37(20-12-5-13-21-37)33-16-8-3-9-17-33)27-24-39(31)30-35(43)44-34(42)29-38-22-25-40(26-23-38)36(18-10-4-11-19-36)32-14-6-2-7-15-32/h2-3,6-9,14-17,31H,4-5,10-13,18-30H2,1H3. The summed E-state index contributed by atoms with van der Waals surface area (Å²) < 4.78 is 5.38. The van der Waals surface area contributed by atoms with Crippen molar-refractivity contribution in [2.24, 2.45) is 0 Å². The highest BCUT2D eigenvalue weighted by Gasteiger charge is 2.43. The molecule has 2 aromatic rings. The molecule has 2 saturated heterocycles. The van der Waals surface area contributed by atoms with Crippen molar-refractivity contribution in [3.8, 4) is 0 Å². The lowest BCUT2D eigenvalue weighted by atomic mass is 9.74. The Hall–Kier alpha value is -2.58. The van der Waals surface area contributed by atoms with Crippen molar-refractivity contribution >= 4 is 11.9 Å². The number of piperazine rings is 2. The van der Waals surface area contributed by atoms with Gasteiger partial charge in [0, 0.05) is 62.9 Å². The van der Waals surface area contributed by atoms with Gasteiger partial charge in [-0.15, -0.1) is 0 Å². The van der Waals surface area contributed by atoms with Gasteiger partial charge < -0.3 is 4.74 Å². The highest BCUT2D eigenvalue weighted by atomic mass is 16.6. The van der Waals surface area contributed by atoms with E-state index in [-0.39, 0.29) is 30.2 Å². The zero-order chi connectivity index (χ0) is 30.4. The molecule has 1 atom stereocenters. The maximum Gasteiger partial charge on any atom is 0.327 e. The molecule has 0 amide bonds. The predicted octanol–water partition coefficient (Wildman–Crippen LogP) is 5.40. The van der Waals surface area contributed by atoms with Crippen LogP contribution in [0.4, 0.5) is 0 Å². The number of hydrogen-bond donors (Lipinski definition) is 0. The fourth-order valence-electron chi connectivity index (χ4n) is 8.84. The van der Waals surface area contributed by atoms with Gasteiger partial charge in [-0.1, -0.05) is 99.2 Å². The van der Waals surface area contributed by atoms with Crippen LogP contribution in [0.2, 0.25) is 0 Å². The molecule has 44 heavy (non-hydrogen) atoms. The number of esters is 2. The van der Waals surface area contributed by atoms with Crippen LogP contribution >= 0.6 is 0 Å². The van der Waals surface area contributed by atoms with Gasteiger partial charge in [-0.3, -0.25) is 29.2 Å². The summed E-state index contributed by atoms with van der Waals surface area (Å²) in [6.45, 7) is 8.72. The molecule has 0 radical (unpaired) electrons. The number of carbonyl (C=O) groups is 2. The first kappa shape index (κ1) is 31.4. The van der Waals surface area contributed by atoms with Crippen LogP contribution in [0.3, 0.4) is 0 Å². The second-order valence-electron chi connectivity index (χ2n) is 13.8. The second kappa shape index (κ2) is 14.2. The average molecular weight is 601 g/mol. The summed E-state index contributed by atoms with van der Waals surface area (Å²) in [6, 6.07) is 22.2. The van der Waals surface area contributed by atoms with Crippen molar-refractivity contribution in [3.63, 3.8) is 0 Å². The lowest BCUT2D eigenvalue weighted by Crippen LogP contribution is -2.60. The molecular formula is C37H52N4O3. The molecular weight excluding hydrogens is 548 g/mol. The van der Waals surface area contributed by atoms with E-state index in [9.17, 15) is 9.59 Å². The number of rotatable bonds is 8. The fourth-order valence-corrected chi connectivity index (χ4v) is 8.84. The van der Waals surface area contributed by atoms with Crippen molar-refractivity contribution in [2.45, 2.75) is 88.3 Å². The maximum atomic E-state index is 12.9. The molecule has 0 N–H and O–H groups in total. The first-order valence-corrected chi connectivity index (χ1v) is 17.3. The van der Waals surface area contributed by atoms with Gasteiger partial charge in [0.1, 0.15) is 0 Å². The van der Waals surface area contributed by atoms with E-state index in [1.54, 1.807) is 0 Å². The molecule has 7 nitrogen and oxygen atoms in total. The molecule has 2 aliphatic heterocycles. The zero-order valence-electron chi connectivity index (χ0n) is 26.8. The van der Waals surface area contributed by atoms with E-state index in [1.165, 1.54) is 75.3 Å². The van der Waals surface area contributed by atoms with Crippen LogP contribution in [0.15, 0.2) is 60.7 Å². The Kier molecular flexibility index (Phi) is 10.2. The Morgan fingerprint density at radius 2 is 1.11 bits per heavy atom. The molecule has 2 aliphatic carbocycles. The molecule has 2 heterocycles. The minimum atomic E-state index is -0.422. The van der Waals surface area contributed by atoms with E-state index >= 15 is 0 Å². The topological polar surface area (TPSA) is 56.3 Å². The van der Waals surface area contributed by atoms with Gasteiger partial charge >= 0.3 is 11.9 Å². The number of benzene rings is 2. The van der Waals surface area contributed by atoms with Crippen molar-refractivity contribution in [2.75, 3.05) is 58.9 Å². The smallest absolute Gasteiger partial charge is 0.327 e. The maximum absolute atomic E-state index is 12.9. The van der Waals surface area contributed by atoms with Gasteiger partial charge in [0.05, 0.1) is 13.1 Å². The Bertz CT molecular complexity index is 1220. The molecule has 2 aromatic carbocycles. The quantitative estimate of drug-likeness (QED) is 0.297. The number of ether oxygens (including phenoxy) is 1. The van der Waals surface area contributed by atoms with Crippen molar-refractivity contribution < 1.29 is 14.3 Å². The lowest BCUT2D eigenvalue weighted by molar-refractivity contribution is -0.162. The van der Waals surface area contributed by atoms with E-state index in [0.29, 0.717) is 0 Å². The molecule has 4 aliphatic rings. The highest BCUT2D eigenvalue weighted by Crippen LogP contribution is 2.44. The third kappa shape index (κ3) is 6.81. The van der Waals surface area contributed by atoms with E-state index in [1.807, 2.05) is 0 Å². The molecule has 1 unspecified atom stereocenters. The van der Waals surface area contributed by atoms with Gasteiger partial charge in [0.2, 0.25) is 0 Å². The summed E-state index contributed by atoms with van der Waals surface area (Å²) in [6.07, 6.45) is 12.5. The monoisotopic (exact) mass is 600 g/mol. The van der Waals surface area contributed by atoms with Gasteiger partial charge in [0.15, 0.2) is 0 Å². The van der Waals surface area contributed by atoms with Crippen LogP contribution in [-0.4, -0.2) is 96.5 Å². The van der Waals surface area contributed by atoms with Gasteiger partial charge in [-0.25, -0.2) is 0 Å². The molecule has 2 saturated carbocycles. The van der Waals surface area contributed by atoms with Crippen LogP contribution in [0.25, 0.3) is 0 Å². The predicted molar refractivity (Wildman–Crippen MR) is 174 cm³/mol. The Morgan fingerprint density at radius 3 is 1.64 bits per heavy atom. The summed E-state index contributed by atoms with van der Waals surface area (Å²) in [5, 5.41) is 0. The number of carbonyl (C=O) groups excluding carboxylic acids is 2. The number of nitrogens with zero attached hydrogens (tertiary/aromatic N) is 4. The summed E-state index contributed by atoms with van der Waals surface area (Å²) in [5.74, 6) is -0.843. The summed E-state index contributed by atoms with van der Waals surface area (Å²) in [7, 11) is 0. The first-order chi connectivity index (χ1) is 21.5. The lowest BCUT2D eigenvalue weighted by Gasteiger charge is -2.52. The van der Waals surface area contributed by atoms with Crippen LogP contribution in [0.5, 0.6) is 0 Å². The van der Waals surface area contributed by atoms with E-state index in [2.05, 4.69) is 87.2 Å². The van der Waals surface area contributed by atoms with E-state index < -0.39 is 11.9 Å². The number of hydrogen-bond acceptors (Lipinski definition) is 7. The third-order valence-electron chi connectivity index (χ3n) is 11.2. The largest absolute Gasteiger partial charge is 0.391 e. The molecule has 0 spiro atoms. The van der Waals surface area contributed by atoms with Crippen LogP contribution in [0.1, 0.15) is 82.3 Å². The van der Waals surface area contributed by atoms with Crippen LogP contribution in [-0.2, 0) is 25.4 Å². The normalized spacial score (nSPS) is 25.3. The zero-order valence-corrected chi connectivity index (χ0v) is 26.8.